The maximum Gasteiger partial charge on any atom is 0.280 e. The summed E-state index contributed by atoms with van der Waals surface area (Å²) in [6, 6.07) is 4.22. The minimum absolute atomic E-state index is 0.0787. The van der Waals surface area contributed by atoms with Crippen molar-refractivity contribution in [3.63, 3.8) is 0 Å². The lowest BCUT2D eigenvalue weighted by molar-refractivity contribution is 0.0947. The van der Waals surface area contributed by atoms with E-state index in [0.717, 1.165) is 47.1 Å². The molecule has 0 atom stereocenters. The van der Waals surface area contributed by atoms with Crippen LogP contribution in [-0.2, 0) is 7.05 Å². The van der Waals surface area contributed by atoms with Crippen molar-refractivity contribution in [2.45, 2.75) is 51.4 Å². The summed E-state index contributed by atoms with van der Waals surface area (Å²) in [5.41, 5.74) is 1.72. The van der Waals surface area contributed by atoms with E-state index in [0.29, 0.717) is 10.9 Å². The van der Waals surface area contributed by atoms with E-state index in [2.05, 4.69) is 27.3 Å². The van der Waals surface area contributed by atoms with Gasteiger partial charge < -0.3 is 10.2 Å². The molecular formula is C23H30N6OS. The fourth-order valence-corrected chi connectivity index (χ4v) is 5.63. The van der Waals surface area contributed by atoms with Gasteiger partial charge in [-0.2, -0.15) is 5.10 Å². The van der Waals surface area contributed by atoms with E-state index >= 15 is 0 Å². The highest BCUT2D eigenvalue weighted by Gasteiger charge is 2.21. The molecule has 164 valence electrons. The van der Waals surface area contributed by atoms with Crippen LogP contribution in [0.15, 0.2) is 18.3 Å². The van der Waals surface area contributed by atoms with Gasteiger partial charge in [0.15, 0.2) is 10.7 Å². The topological polar surface area (TPSA) is 75.9 Å². The zero-order chi connectivity index (χ0) is 21.2. The molecule has 1 aliphatic heterocycles. The first-order chi connectivity index (χ1) is 15.2. The lowest BCUT2D eigenvalue weighted by Gasteiger charge is -2.21. The Morgan fingerprint density at radius 1 is 1.13 bits per heavy atom. The molecule has 3 aromatic rings. The maximum absolute atomic E-state index is 12.6. The zero-order valence-corrected chi connectivity index (χ0v) is 19.0. The van der Waals surface area contributed by atoms with Gasteiger partial charge in [-0.05, 0) is 43.7 Å². The number of aromatic nitrogens is 4. The number of thiazole rings is 1. The second-order valence-corrected chi connectivity index (χ2v) is 9.83. The summed E-state index contributed by atoms with van der Waals surface area (Å²) < 4.78 is 1.84. The van der Waals surface area contributed by atoms with E-state index in [1.165, 1.54) is 62.7 Å². The highest BCUT2D eigenvalue weighted by Crippen LogP contribution is 2.32. The molecule has 1 aliphatic carbocycles. The second-order valence-electron chi connectivity index (χ2n) is 8.80. The van der Waals surface area contributed by atoms with Crippen LogP contribution in [0.5, 0.6) is 0 Å². The first-order valence-electron chi connectivity index (χ1n) is 11.5. The summed E-state index contributed by atoms with van der Waals surface area (Å²) in [5, 5.41) is 9.29. The molecule has 5 rings (SSSR count). The van der Waals surface area contributed by atoms with Crippen molar-refractivity contribution in [2.24, 2.45) is 13.0 Å². The average Bonchev–Trinajstić information content (AvgIpc) is 3.49. The Hall–Kier alpha value is -2.48. The van der Waals surface area contributed by atoms with Crippen molar-refractivity contribution in [2.75, 3.05) is 24.5 Å². The van der Waals surface area contributed by atoms with Crippen molar-refractivity contribution in [1.82, 2.24) is 25.1 Å². The number of amides is 1. The van der Waals surface area contributed by atoms with Crippen molar-refractivity contribution in [3.8, 4) is 10.6 Å². The largest absolute Gasteiger partial charge is 0.357 e. The number of aryl methyl sites for hydroxylation is 1. The highest BCUT2D eigenvalue weighted by atomic mass is 32.1. The van der Waals surface area contributed by atoms with Crippen LogP contribution in [0.2, 0.25) is 0 Å². The molecule has 3 aromatic heterocycles. The van der Waals surface area contributed by atoms with E-state index in [9.17, 15) is 4.79 Å². The third-order valence-corrected chi connectivity index (χ3v) is 7.56. The first-order valence-corrected chi connectivity index (χ1v) is 12.3. The third kappa shape index (κ3) is 4.31. The van der Waals surface area contributed by atoms with Crippen molar-refractivity contribution < 1.29 is 4.79 Å². The summed E-state index contributed by atoms with van der Waals surface area (Å²) >= 11 is 1.40. The SMILES string of the molecule is Cn1nc(-c2cnc(C(=O)NCC3CCCC3)s2)c2ccc(N3CCCCCC3)nc21. The van der Waals surface area contributed by atoms with Gasteiger partial charge in [0.05, 0.1) is 4.88 Å². The Bertz CT molecular complexity index is 1060. The van der Waals surface area contributed by atoms with Crippen molar-refractivity contribution in [1.29, 1.82) is 0 Å². The van der Waals surface area contributed by atoms with E-state index in [1.54, 1.807) is 6.20 Å². The van der Waals surface area contributed by atoms with Crippen LogP contribution in [0.3, 0.4) is 0 Å². The van der Waals surface area contributed by atoms with Gasteiger partial charge in [0.2, 0.25) is 0 Å². The smallest absolute Gasteiger partial charge is 0.280 e. The monoisotopic (exact) mass is 438 g/mol. The molecule has 2 aliphatic rings. The molecule has 1 N–H and O–H groups in total. The lowest BCUT2D eigenvalue weighted by Crippen LogP contribution is -2.28. The minimum atomic E-state index is -0.0787. The Morgan fingerprint density at radius 3 is 2.68 bits per heavy atom. The average molecular weight is 439 g/mol. The number of anilines is 1. The van der Waals surface area contributed by atoms with E-state index in [4.69, 9.17) is 10.1 Å². The summed E-state index contributed by atoms with van der Waals surface area (Å²) in [5.74, 6) is 1.57. The van der Waals surface area contributed by atoms with E-state index in [1.807, 2.05) is 11.7 Å². The standard InChI is InChI=1S/C23H30N6OS/c1-28-21-17(10-11-19(26-21)29-12-6-2-3-7-13-29)20(27-28)18-15-25-23(31-18)22(30)24-14-16-8-4-5-9-16/h10-11,15-16H,2-9,12-14H2,1H3,(H,24,30). The number of nitrogens with one attached hydrogen (secondary N) is 1. The quantitative estimate of drug-likeness (QED) is 0.639. The molecular weight excluding hydrogens is 408 g/mol. The number of carbonyl (C=O) groups is 1. The lowest BCUT2D eigenvalue weighted by atomic mass is 10.1. The molecule has 0 spiro atoms. The predicted octanol–water partition coefficient (Wildman–Crippen LogP) is 4.39. The normalized spacial score (nSPS) is 17.9. The van der Waals surface area contributed by atoms with Gasteiger partial charge in [0.25, 0.3) is 5.91 Å². The number of hydrogen-bond donors (Lipinski definition) is 1. The number of rotatable bonds is 5. The Labute approximate surface area is 186 Å². The van der Waals surface area contributed by atoms with E-state index in [-0.39, 0.29) is 5.91 Å². The molecule has 0 radical (unpaired) electrons. The van der Waals surface area contributed by atoms with Gasteiger partial charge in [-0.15, -0.1) is 11.3 Å². The van der Waals surface area contributed by atoms with E-state index < -0.39 is 0 Å². The van der Waals surface area contributed by atoms with Crippen LogP contribution in [0.25, 0.3) is 21.6 Å². The van der Waals surface area contributed by atoms with Crippen LogP contribution >= 0.6 is 11.3 Å². The molecule has 7 nitrogen and oxygen atoms in total. The second kappa shape index (κ2) is 8.94. The Balaban J connectivity index is 1.36. The summed E-state index contributed by atoms with van der Waals surface area (Å²) in [7, 11) is 1.93. The first kappa shape index (κ1) is 20.4. The van der Waals surface area contributed by atoms with Gasteiger partial charge in [0.1, 0.15) is 11.5 Å². The molecule has 1 saturated carbocycles. The minimum Gasteiger partial charge on any atom is -0.357 e. The van der Waals surface area contributed by atoms with Crippen LogP contribution < -0.4 is 10.2 Å². The summed E-state index contributed by atoms with van der Waals surface area (Å²) in [4.78, 5) is 25.2. The van der Waals surface area contributed by atoms with Crippen LogP contribution in [0.4, 0.5) is 5.82 Å². The molecule has 1 saturated heterocycles. The van der Waals surface area contributed by atoms with Gasteiger partial charge >= 0.3 is 0 Å². The van der Waals surface area contributed by atoms with Crippen molar-refractivity contribution >= 4 is 34.1 Å². The predicted molar refractivity (Wildman–Crippen MR) is 125 cm³/mol. The molecule has 0 bridgehead atoms. The fourth-order valence-electron chi connectivity index (χ4n) is 4.79. The van der Waals surface area contributed by atoms with Crippen LogP contribution in [0.1, 0.15) is 61.2 Å². The number of carbonyl (C=O) groups excluding carboxylic acids is 1. The zero-order valence-electron chi connectivity index (χ0n) is 18.1. The summed E-state index contributed by atoms with van der Waals surface area (Å²) in [6.45, 7) is 2.89. The molecule has 0 unspecified atom stereocenters. The Kier molecular flexibility index (Phi) is 5.89. The number of pyridine rings is 1. The number of fused-ring (bicyclic) bond motifs is 1. The van der Waals surface area contributed by atoms with Gasteiger partial charge in [-0.25, -0.2) is 14.6 Å². The van der Waals surface area contributed by atoms with Crippen LogP contribution in [0, 0.1) is 5.92 Å². The fraction of sp³-hybridized carbons (Fsp3) is 0.565. The number of hydrogen-bond acceptors (Lipinski definition) is 6. The number of nitrogens with zero attached hydrogens (tertiary/aromatic N) is 5. The molecule has 2 fully saturated rings. The highest BCUT2D eigenvalue weighted by molar-refractivity contribution is 7.17. The van der Waals surface area contributed by atoms with Crippen LogP contribution in [-0.4, -0.2) is 45.3 Å². The Morgan fingerprint density at radius 2 is 1.90 bits per heavy atom. The molecule has 31 heavy (non-hydrogen) atoms. The van der Waals surface area contributed by atoms with Gasteiger partial charge in [-0.1, -0.05) is 25.7 Å². The third-order valence-electron chi connectivity index (χ3n) is 6.56. The van der Waals surface area contributed by atoms with Crippen molar-refractivity contribution in [3.05, 3.63) is 23.3 Å². The molecule has 0 aromatic carbocycles. The van der Waals surface area contributed by atoms with Gasteiger partial charge in [0, 0.05) is 38.3 Å². The molecule has 4 heterocycles. The maximum atomic E-state index is 12.6. The summed E-state index contributed by atoms with van der Waals surface area (Å²) in [6.07, 6.45) is 11.8. The molecule has 8 heteroatoms. The molecule has 1 amide bonds. The van der Waals surface area contributed by atoms with Gasteiger partial charge in [-0.3, -0.25) is 4.79 Å².